The molecule has 0 fully saturated rings. The van der Waals surface area contributed by atoms with Crippen LogP contribution in [0.5, 0.6) is 0 Å². The number of rotatable bonds is 41. The maximum atomic E-state index is 12.0. The van der Waals surface area contributed by atoms with Crippen LogP contribution in [-0.4, -0.2) is 81.4 Å². The normalized spacial score (nSPS) is 13.7. The van der Waals surface area contributed by atoms with Crippen LogP contribution in [0.25, 0.3) is 0 Å². The molecule has 1 N–H and O–H groups in total. The van der Waals surface area contributed by atoms with Crippen molar-refractivity contribution in [1.29, 1.82) is 0 Å². The molecule has 0 aliphatic carbocycles. The number of aliphatic hydroxyl groups excluding tert-OH is 1. The zero-order chi connectivity index (χ0) is 41.2. The van der Waals surface area contributed by atoms with Crippen LogP contribution < -0.4 is 5.11 Å². The average Bonchev–Trinajstić information content (AvgIpc) is 3.16. The van der Waals surface area contributed by atoms with E-state index in [1.807, 2.05) is 21.1 Å². The first kappa shape index (κ1) is 53.5. The van der Waals surface area contributed by atoms with Crippen LogP contribution in [0.3, 0.4) is 0 Å². The molecule has 0 radical (unpaired) electrons. The van der Waals surface area contributed by atoms with Crippen LogP contribution in [0.2, 0.25) is 0 Å². The predicted molar refractivity (Wildman–Crippen MR) is 232 cm³/mol. The van der Waals surface area contributed by atoms with Gasteiger partial charge in [-0.15, -0.1) is 0 Å². The van der Waals surface area contributed by atoms with Crippen LogP contribution in [-0.2, 0) is 23.8 Å². The van der Waals surface area contributed by atoms with Crippen LogP contribution in [0, 0.1) is 0 Å². The molecule has 0 aliphatic rings. The van der Waals surface area contributed by atoms with E-state index in [4.69, 9.17) is 14.2 Å². The number of aliphatic hydroxyl groups is 1. The monoisotopic (exact) mass is 788 g/mol. The summed E-state index contributed by atoms with van der Waals surface area (Å²) in [7, 11) is 5.87. The highest BCUT2D eigenvalue weighted by atomic mass is 16.7. The second kappa shape index (κ2) is 40.7. The molecule has 2 atom stereocenters. The fraction of sp³-hybridized carbons (Fsp3) is 0.750. The molecule has 0 aliphatic heterocycles. The van der Waals surface area contributed by atoms with Gasteiger partial charge in [0.2, 0.25) is 0 Å². The van der Waals surface area contributed by atoms with E-state index < -0.39 is 18.4 Å². The molecule has 0 amide bonds. The Morgan fingerprint density at radius 1 is 0.554 bits per heavy atom. The lowest BCUT2D eigenvalue weighted by Gasteiger charge is -2.26. The first-order valence-corrected chi connectivity index (χ1v) is 22.5. The molecule has 0 spiro atoms. The number of carbonyl (C=O) groups excluding carboxylic acids is 2. The number of carboxylic acids is 1. The molecule has 2 unspecified atom stereocenters. The molecule has 0 rings (SSSR count). The summed E-state index contributed by atoms with van der Waals surface area (Å²) in [5.74, 6) is -1.87. The summed E-state index contributed by atoms with van der Waals surface area (Å²) >= 11 is 0. The number of nitrogens with zero attached hydrogens (tertiary/aromatic N) is 1. The highest BCUT2D eigenvalue weighted by Crippen LogP contribution is 2.15. The number of carboxylic acid groups (broad SMARTS) is 1. The van der Waals surface area contributed by atoms with Gasteiger partial charge < -0.3 is 33.7 Å². The first-order valence-electron chi connectivity index (χ1n) is 22.5. The molecule has 0 aromatic carbocycles. The number of unbranched alkanes of at least 4 members (excludes halogenated alkanes) is 19. The number of carbonyl (C=O) groups is 2. The molecule has 8 heteroatoms. The summed E-state index contributed by atoms with van der Waals surface area (Å²) in [4.78, 5) is 23.2. The number of likely N-dealkylation sites (N-methyl/N-ethyl adjacent to an activating group) is 1. The number of ether oxygens (including phenoxy) is 3. The van der Waals surface area contributed by atoms with Gasteiger partial charge in [0.25, 0.3) is 0 Å². The molecule has 0 bridgehead atoms. The molecule has 0 aromatic heterocycles. The SMILES string of the molecule is CC/C=C\C/C=C\C/C=C\C/C=C\C/C=C\CCCCCCCCCCCCCCCCCCCCCC(=O)OCC(O)COC(OCC[N+](C)(C)C)C(=O)[O-]. The average molecular weight is 788 g/mol. The van der Waals surface area contributed by atoms with Crippen LogP contribution in [0.15, 0.2) is 60.8 Å². The third-order valence-electron chi connectivity index (χ3n) is 9.51. The number of esters is 1. The van der Waals surface area contributed by atoms with Crippen molar-refractivity contribution in [2.24, 2.45) is 0 Å². The quantitative estimate of drug-likeness (QED) is 0.0216. The summed E-state index contributed by atoms with van der Waals surface area (Å²) in [6, 6.07) is 0. The van der Waals surface area contributed by atoms with Crippen molar-refractivity contribution in [3.63, 3.8) is 0 Å². The molecule has 0 aromatic rings. The van der Waals surface area contributed by atoms with Crippen LogP contribution in [0.4, 0.5) is 0 Å². The lowest BCUT2D eigenvalue weighted by atomic mass is 10.0. The van der Waals surface area contributed by atoms with E-state index >= 15 is 0 Å². The van der Waals surface area contributed by atoms with E-state index in [0.717, 1.165) is 51.4 Å². The van der Waals surface area contributed by atoms with Crippen LogP contribution >= 0.6 is 0 Å². The van der Waals surface area contributed by atoms with E-state index in [1.54, 1.807) is 0 Å². The van der Waals surface area contributed by atoms with Crippen molar-refractivity contribution < 1.29 is 38.5 Å². The highest BCUT2D eigenvalue weighted by molar-refractivity contribution is 5.69. The van der Waals surface area contributed by atoms with Gasteiger partial charge >= 0.3 is 5.97 Å². The van der Waals surface area contributed by atoms with Gasteiger partial charge in [0.1, 0.15) is 19.3 Å². The number of hydrogen-bond donors (Lipinski definition) is 1. The summed E-state index contributed by atoms with van der Waals surface area (Å²) in [5, 5.41) is 21.2. The largest absolute Gasteiger partial charge is 0.545 e. The van der Waals surface area contributed by atoms with Gasteiger partial charge in [0, 0.05) is 6.42 Å². The predicted octanol–water partition coefficient (Wildman–Crippen LogP) is 10.6. The Morgan fingerprint density at radius 2 is 0.946 bits per heavy atom. The van der Waals surface area contributed by atoms with Crippen LogP contribution in [0.1, 0.15) is 174 Å². The summed E-state index contributed by atoms with van der Waals surface area (Å²) in [6.45, 7) is 2.35. The Bertz CT molecular complexity index is 1040. The highest BCUT2D eigenvalue weighted by Gasteiger charge is 2.17. The third-order valence-corrected chi connectivity index (χ3v) is 9.51. The third kappa shape index (κ3) is 42.6. The zero-order valence-electron chi connectivity index (χ0n) is 36.5. The minimum absolute atomic E-state index is 0.170. The van der Waals surface area contributed by atoms with E-state index in [1.165, 1.54) is 109 Å². The van der Waals surface area contributed by atoms with Gasteiger partial charge in [-0.05, 0) is 51.4 Å². The van der Waals surface area contributed by atoms with Gasteiger partial charge in [-0.25, -0.2) is 0 Å². The molecule has 324 valence electrons. The van der Waals surface area contributed by atoms with E-state index in [9.17, 15) is 19.8 Å². The van der Waals surface area contributed by atoms with Gasteiger partial charge in [-0.1, -0.05) is 177 Å². The van der Waals surface area contributed by atoms with E-state index in [0.29, 0.717) is 17.4 Å². The molecular weight excluding hydrogens is 703 g/mol. The molecule has 0 saturated heterocycles. The molecule has 8 nitrogen and oxygen atoms in total. The number of hydrogen-bond acceptors (Lipinski definition) is 7. The Hall–Kier alpha value is -2.52. The van der Waals surface area contributed by atoms with Gasteiger partial charge in [-0.3, -0.25) is 4.79 Å². The smallest absolute Gasteiger partial charge is 0.305 e. The molecule has 0 saturated carbocycles. The standard InChI is InChI=1S/C48H85NO7/c1-5-6-7-8-9-10-11-12-13-14-15-16-17-18-19-20-21-22-23-24-25-26-27-28-29-30-31-32-33-34-35-36-37-38-39-40-46(51)55-43-45(50)44-56-48(47(52)53)54-42-41-49(2,3)4/h6-7,9-10,12-13,15-16,18-19,45,48,50H,5,8,11,14,17,20-44H2,1-4H3/b7-6-,10-9-,13-12-,16-15-,19-18-. The van der Waals surface area contributed by atoms with Crippen molar-refractivity contribution in [3.8, 4) is 0 Å². The molecule has 56 heavy (non-hydrogen) atoms. The Kier molecular flexibility index (Phi) is 38.8. The lowest BCUT2D eigenvalue weighted by molar-refractivity contribution is -0.870. The second-order valence-electron chi connectivity index (χ2n) is 16.2. The minimum Gasteiger partial charge on any atom is -0.545 e. The Balaban J connectivity index is 3.42. The van der Waals surface area contributed by atoms with E-state index in [2.05, 4.69) is 67.7 Å². The minimum atomic E-state index is -1.57. The van der Waals surface area contributed by atoms with Crippen molar-refractivity contribution in [2.45, 2.75) is 186 Å². The fourth-order valence-electron chi connectivity index (χ4n) is 6.03. The summed E-state index contributed by atoms with van der Waals surface area (Å²) in [5.41, 5.74) is 0. The number of aliphatic carboxylic acids is 1. The summed E-state index contributed by atoms with van der Waals surface area (Å²) in [6.07, 6.45) is 51.2. The zero-order valence-corrected chi connectivity index (χ0v) is 36.5. The van der Waals surface area contributed by atoms with Crippen molar-refractivity contribution in [2.75, 3.05) is 47.5 Å². The fourth-order valence-corrected chi connectivity index (χ4v) is 6.03. The van der Waals surface area contributed by atoms with Crippen molar-refractivity contribution in [1.82, 2.24) is 0 Å². The van der Waals surface area contributed by atoms with E-state index in [-0.39, 0.29) is 25.8 Å². The maximum Gasteiger partial charge on any atom is 0.305 e. The maximum absolute atomic E-state index is 12.0. The van der Waals surface area contributed by atoms with Crippen molar-refractivity contribution in [3.05, 3.63) is 60.8 Å². The van der Waals surface area contributed by atoms with Gasteiger partial charge in [0.05, 0.1) is 40.3 Å². The Labute approximate surface area is 344 Å². The van der Waals surface area contributed by atoms with Gasteiger partial charge in [0.15, 0.2) is 6.29 Å². The van der Waals surface area contributed by atoms with Crippen molar-refractivity contribution >= 4 is 11.9 Å². The molecule has 0 heterocycles. The summed E-state index contributed by atoms with van der Waals surface area (Å²) < 4.78 is 16.0. The molecular formula is C48H85NO7. The van der Waals surface area contributed by atoms with Gasteiger partial charge in [-0.2, -0.15) is 0 Å². The number of allylic oxidation sites excluding steroid dienone is 10. The second-order valence-corrected chi connectivity index (χ2v) is 16.2. The first-order chi connectivity index (χ1) is 27.2. The topological polar surface area (TPSA) is 105 Å². The Morgan fingerprint density at radius 3 is 1.36 bits per heavy atom. The lowest BCUT2D eigenvalue weighted by Crippen LogP contribution is -2.44. The number of quaternary nitrogens is 1.